The molecule has 0 unspecified atom stereocenters. The molecule has 0 aromatic carbocycles. The first-order valence-corrected chi connectivity index (χ1v) is 3.70. The molecule has 0 spiro atoms. The Morgan fingerprint density at radius 2 is 1.00 bits per heavy atom. The van der Waals surface area contributed by atoms with Crippen LogP contribution in [0, 0.1) is 0 Å². The molecule has 2 nitrogen and oxygen atoms in total. The lowest BCUT2D eigenvalue weighted by molar-refractivity contribution is 1.57. The summed E-state index contributed by atoms with van der Waals surface area (Å²) in [6, 6.07) is 0. The Kier molecular flexibility index (Phi) is 4.23. The van der Waals surface area contributed by atoms with Crippen molar-refractivity contribution in [2.75, 3.05) is 0 Å². The summed E-state index contributed by atoms with van der Waals surface area (Å²) in [5, 5.41) is 0. The molecule has 1 rings (SSSR count). The molecular formula is C10H10N2. The Labute approximate surface area is 72.1 Å². The molecule has 0 N–H and O–H groups in total. The van der Waals surface area contributed by atoms with Gasteiger partial charge in [0.15, 0.2) is 0 Å². The van der Waals surface area contributed by atoms with Gasteiger partial charge in [0.2, 0.25) is 0 Å². The molecule has 0 amide bonds. The minimum Gasteiger partial charge on any atom is -0.265 e. The van der Waals surface area contributed by atoms with Gasteiger partial charge >= 0.3 is 0 Å². The maximum atomic E-state index is 3.98. The van der Waals surface area contributed by atoms with Crippen LogP contribution in [0.4, 0.5) is 0 Å². The van der Waals surface area contributed by atoms with Gasteiger partial charge in [0.05, 0.1) is 0 Å². The van der Waals surface area contributed by atoms with Gasteiger partial charge in [0, 0.05) is 24.8 Å². The molecule has 1 heterocycles. The Balaban J connectivity index is 2.67. The van der Waals surface area contributed by atoms with Crippen molar-refractivity contribution in [2.45, 2.75) is 0 Å². The van der Waals surface area contributed by atoms with Crippen molar-refractivity contribution in [3.8, 4) is 0 Å². The van der Waals surface area contributed by atoms with E-state index in [2.05, 4.69) is 9.98 Å². The van der Waals surface area contributed by atoms with Crippen LogP contribution in [0.25, 0.3) is 0 Å². The SMILES string of the molecule is C1=CC=NC=CC=CC=NC=C1. The number of aliphatic imine (C=N–C) groups is 2. The average Bonchev–Trinajstić information content (AvgIpc) is 2.05. The molecule has 0 aromatic heterocycles. The van der Waals surface area contributed by atoms with E-state index in [1.54, 1.807) is 24.8 Å². The van der Waals surface area contributed by atoms with Crippen LogP contribution in [0.2, 0.25) is 0 Å². The number of rotatable bonds is 0. The fourth-order valence-corrected chi connectivity index (χ4v) is 0.625. The topological polar surface area (TPSA) is 24.7 Å². The van der Waals surface area contributed by atoms with Crippen molar-refractivity contribution >= 4 is 12.4 Å². The van der Waals surface area contributed by atoms with E-state index >= 15 is 0 Å². The van der Waals surface area contributed by atoms with E-state index in [0.717, 1.165) is 0 Å². The highest BCUT2D eigenvalue weighted by Gasteiger charge is 1.66. The second kappa shape index (κ2) is 6.04. The monoisotopic (exact) mass is 158 g/mol. The average molecular weight is 158 g/mol. The minimum atomic E-state index is 1.72. The zero-order chi connectivity index (χ0) is 8.49. The Morgan fingerprint density at radius 3 is 1.50 bits per heavy atom. The largest absolute Gasteiger partial charge is 0.265 e. The summed E-state index contributed by atoms with van der Waals surface area (Å²) < 4.78 is 0. The van der Waals surface area contributed by atoms with Crippen molar-refractivity contribution in [1.82, 2.24) is 0 Å². The van der Waals surface area contributed by atoms with Crippen molar-refractivity contribution in [1.29, 1.82) is 0 Å². The second-order valence-electron chi connectivity index (χ2n) is 2.05. The summed E-state index contributed by atoms with van der Waals surface area (Å²) >= 11 is 0. The third kappa shape index (κ3) is 4.17. The van der Waals surface area contributed by atoms with Crippen molar-refractivity contribution < 1.29 is 0 Å². The second-order valence-corrected chi connectivity index (χ2v) is 2.05. The summed E-state index contributed by atoms with van der Waals surface area (Å²) in [4.78, 5) is 7.97. The maximum Gasteiger partial charge on any atom is 0.0267 e. The van der Waals surface area contributed by atoms with Crippen LogP contribution >= 0.6 is 0 Å². The molecule has 12 heavy (non-hydrogen) atoms. The van der Waals surface area contributed by atoms with E-state index in [4.69, 9.17) is 0 Å². The number of allylic oxidation sites excluding steroid dienone is 6. The Morgan fingerprint density at radius 1 is 0.500 bits per heavy atom. The Bertz CT molecular complexity index is 177. The van der Waals surface area contributed by atoms with E-state index in [9.17, 15) is 0 Å². The third-order valence-electron chi connectivity index (χ3n) is 1.13. The van der Waals surface area contributed by atoms with Gasteiger partial charge in [-0.2, -0.15) is 0 Å². The van der Waals surface area contributed by atoms with E-state index in [0.29, 0.717) is 0 Å². The fraction of sp³-hybridized carbons (Fsp3) is 0. The fourth-order valence-electron chi connectivity index (χ4n) is 0.625. The zero-order valence-corrected chi connectivity index (χ0v) is 6.67. The van der Waals surface area contributed by atoms with Crippen molar-refractivity contribution in [3.63, 3.8) is 0 Å². The standard InChI is InChI=1S/C10H10N2/c1-3-7-11-9-5-2-6-10-12-8-4-1/h1-10H. The zero-order valence-electron chi connectivity index (χ0n) is 6.67. The lowest BCUT2D eigenvalue weighted by atomic mass is 10.4. The van der Waals surface area contributed by atoms with Gasteiger partial charge in [0.1, 0.15) is 0 Å². The molecule has 0 aliphatic carbocycles. The van der Waals surface area contributed by atoms with Crippen LogP contribution < -0.4 is 0 Å². The summed E-state index contributed by atoms with van der Waals surface area (Å²) in [6.45, 7) is 0. The summed E-state index contributed by atoms with van der Waals surface area (Å²) in [5.41, 5.74) is 0. The van der Waals surface area contributed by atoms with E-state index < -0.39 is 0 Å². The van der Waals surface area contributed by atoms with Gasteiger partial charge < -0.3 is 0 Å². The van der Waals surface area contributed by atoms with E-state index in [1.165, 1.54) is 0 Å². The highest BCUT2D eigenvalue weighted by atomic mass is 14.7. The molecule has 1 aliphatic rings. The first kappa shape index (κ1) is 8.40. The van der Waals surface area contributed by atoms with Crippen LogP contribution in [0.5, 0.6) is 0 Å². The van der Waals surface area contributed by atoms with Crippen LogP contribution in [0.3, 0.4) is 0 Å². The normalized spacial score (nSPS) is 16.0. The number of hydrogen-bond donors (Lipinski definition) is 0. The quantitative estimate of drug-likeness (QED) is 0.516. The summed E-state index contributed by atoms with van der Waals surface area (Å²) in [6.07, 6.45) is 18.0. The molecule has 0 atom stereocenters. The first-order chi connectivity index (χ1) is 6.00. The predicted molar refractivity (Wildman–Crippen MR) is 53.5 cm³/mol. The molecule has 1 aliphatic heterocycles. The highest BCUT2D eigenvalue weighted by molar-refractivity contribution is 5.73. The lowest BCUT2D eigenvalue weighted by Crippen LogP contribution is -1.64. The molecule has 0 saturated heterocycles. The van der Waals surface area contributed by atoms with Gasteiger partial charge in [-0.3, -0.25) is 9.98 Å². The lowest BCUT2D eigenvalue weighted by Gasteiger charge is -1.77. The van der Waals surface area contributed by atoms with Crippen LogP contribution in [0.15, 0.2) is 58.8 Å². The predicted octanol–water partition coefficient (Wildman–Crippen LogP) is 2.28. The molecular weight excluding hydrogens is 148 g/mol. The first-order valence-electron chi connectivity index (χ1n) is 3.70. The molecule has 2 heteroatoms. The van der Waals surface area contributed by atoms with Crippen LogP contribution in [0.1, 0.15) is 0 Å². The summed E-state index contributed by atoms with van der Waals surface area (Å²) in [7, 11) is 0. The molecule has 0 saturated carbocycles. The number of nitrogens with zero attached hydrogens (tertiary/aromatic N) is 2. The molecule has 0 fully saturated rings. The number of hydrogen-bond acceptors (Lipinski definition) is 2. The van der Waals surface area contributed by atoms with E-state index in [1.807, 2.05) is 36.5 Å². The van der Waals surface area contributed by atoms with Gasteiger partial charge in [-0.1, -0.05) is 12.2 Å². The van der Waals surface area contributed by atoms with Crippen molar-refractivity contribution in [3.05, 3.63) is 48.9 Å². The highest BCUT2D eigenvalue weighted by Crippen LogP contribution is 1.82. The third-order valence-corrected chi connectivity index (χ3v) is 1.13. The van der Waals surface area contributed by atoms with Crippen molar-refractivity contribution in [2.24, 2.45) is 9.98 Å². The van der Waals surface area contributed by atoms with E-state index in [-0.39, 0.29) is 0 Å². The Hall–Kier alpha value is -1.70. The molecule has 0 radical (unpaired) electrons. The maximum absolute atomic E-state index is 3.98. The van der Waals surface area contributed by atoms with Gasteiger partial charge in [-0.05, 0) is 24.3 Å². The summed E-state index contributed by atoms with van der Waals surface area (Å²) in [5.74, 6) is 0. The van der Waals surface area contributed by atoms with Crippen LogP contribution in [-0.4, -0.2) is 12.4 Å². The van der Waals surface area contributed by atoms with Crippen LogP contribution in [-0.2, 0) is 0 Å². The molecule has 0 aromatic rings. The minimum absolute atomic E-state index is 1.72. The molecule has 60 valence electrons. The van der Waals surface area contributed by atoms with Gasteiger partial charge in [-0.25, -0.2) is 0 Å². The smallest absolute Gasteiger partial charge is 0.0267 e. The molecule has 0 bridgehead atoms. The van der Waals surface area contributed by atoms with Gasteiger partial charge in [0.25, 0.3) is 0 Å². The van der Waals surface area contributed by atoms with Gasteiger partial charge in [-0.15, -0.1) is 0 Å².